The van der Waals surface area contributed by atoms with Gasteiger partial charge >= 0.3 is 21.6 Å². The molecule has 1 aliphatic carbocycles. The summed E-state index contributed by atoms with van der Waals surface area (Å²) in [5.74, 6) is -1.87. The van der Waals surface area contributed by atoms with Crippen LogP contribution in [0.5, 0.6) is 0 Å². The number of rotatable bonds is 13. The molecule has 53 heavy (non-hydrogen) atoms. The number of nitrogens with zero attached hydrogens (tertiary/aromatic N) is 4. The molecule has 2 aliphatic heterocycles. The summed E-state index contributed by atoms with van der Waals surface area (Å²) in [7, 11) is -9.65. The first kappa shape index (κ1) is 39.6. The van der Waals surface area contributed by atoms with Gasteiger partial charge in [0.15, 0.2) is 23.7 Å². The molecule has 12 atom stereocenters. The number of nitrogens with two attached hydrogens (primary N) is 1. The maximum absolute atomic E-state index is 12.8. The van der Waals surface area contributed by atoms with E-state index in [0.717, 1.165) is 44.6 Å². The van der Waals surface area contributed by atoms with Gasteiger partial charge in [0.25, 0.3) is 11.2 Å². The third-order valence-electron chi connectivity index (χ3n) is 8.24. The Morgan fingerprint density at radius 3 is 2.53 bits per heavy atom. The Morgan fingerprint density at radius 2 is 1.85 bits per heavy atom. The van der Waals surface area contributed by atoms with E-state index in [1.54, 1.807) is 0 Å². The summed E-state index contributed by atoms with van der Waals surface area (Å²) < 4.78 is 49.8. The lowest BCUT2D eigenvalue weighted by Gasteiger charge is -2.29. The van der Waals surface area contributed by atoms with E-state index in [1.807, 2.05) is 0 Å². The fourth-order valence-corrected chi connectivity index (χ4v) is 10.7. The summed E-state index contributed by atoms with van der Waals surface area (Å²) in [4.78, 5) is 64.5. The quantitative estimate of drug-likeness (QED) is 0.0408. The Hall–Kier alpha value is -3.08. The SMILES string of the molecule is Nc1nc2c(ncn2C2OC(COP(=O)(O)OP(=O)(O)OC3OC4CC4(SSc4ccc([N+](=O)[O-])c(C(=O)O)c4)C(O)C(O)C3O)C(O)C2O)c(=O)[nH]1. The normalized spacial score (nSPS) is 33.5. The zero-order chi connectivity index (χ0) is 38.8. The Balaban J connectivity index is 1.07. The fraction of sp³-hybridized carbons (Fsp3) is 0.500. The van der Waals surface area contributed by atoms with Gasteiger partial charge in [0.2, 0.25) is 5.95 Å². The molecular formula is C24H28N6O19P2S2. The molecule has 11 N–H and O–H groups in total. The highest BCUT2D eigenvalue weighted by Gasteiger charge is 2.67. The number of benzene rings is 1. The number of aromatic carboxylic acids is 1. The predicted molar refractivity (Wildman–Crippen MR) is 174 cm³/mol. The molecular weight excluding hydrogens is 802 g/mol. The van der Waals surface area contributed by atoms with Gasteiger partial charge in [-0.05, 0) is 18.6 Å². The summed E-state index contributed by atoms with van der Waals surface area (Å²) in [6.45, 7) is -1.04. The maximum atomic E-state index is 12.8. The van der Waals surface area contributed by atoms with Gasteiger partial charge in [-0.2, -0.15) is 9.29 Å². The molecule has 25 nitrogen and oxygen atoms in total. The van der Waals surface area contributed by atoms with Crippen LogP contribution in [0.1, 0.15) is 23.0 Å². The van der Waals surface area contributed by atoms with E-state index in [0.29, 0.717) is 0 Å². The molecule has 6 rings (SSSR count). The molecule has 29 heteroatoms. The van der Waals surface area contributed by atoms with Gasteiger partial charge in [0.05, 0.1) is 28.7 Å². The number of carboxylic acids is 1. The Labute approximate surface area is 301 Å². The number of aliphatic hydroxyl groups excluding tert-OH is 5. The largest absolute Gasteiger partial charge is 0.483 e. The third kappa shape index (κ3) is 7.88. The lowest BCUT2D eigenvalue weighted by atomic mass is 10.0. The van der Waals surface area contributed by atoms with Crippen molar-refractivity contribution in [3.8, 4) is 0 Å². The van der Waals surface area contributed by atoms with Crippen LogP contribution < -0.4 is 11.3 Å². The van der Waals surface area contributed by atoms with Crippen LogP contribution in [-0.2, 0) is 32.0 Å². The number of imidazole rings is 1. The highest BCUT2D eigenvalue weighted by Crippen LogP contribution is 2.64. The molecule has 3 aromatic rings. The van der Waals surface area contributed by atoms with Gasteiger partial charge < -0.3 is 55.6 Å². The van der Waals surface area contributed by atoms with Crippen LogP contribution in [0.2, 0.25) is 0 Å². The van der Waals surface area contributed by atoms with E-state index in [1.165, 1.54) is 6.07 Å². The van der Waals surface area contributed by atoms with E-state index in [4.69, 9.17) is 24.3 Å². The van der Waals surface area contributed by atoms with E-state index in [2.05, 4.69) is 19.3 Å². The first-order valence-electron chi connectivity index (χ1n) is 14.7. The number of hydrogen-bond acceptors (Lipinski definition) is 21. The molecule has 4 heterocycles. The van der Waals surface area contributed by atoms with Crippen LogP contribution in [0.25, 0.3) is 11.2 Å². The number of aromatic nitrogens is 4. The molecule has 12 unspecified atom stereocenters. The number of nitrogens with one attached hydrogen (secondary N) is 1. The summed E-state index contributed by atoms with van der Waals surface area (Å²) >= 11 is 0. The van der Waals surface area contributed by atoms with Crippen molar-refractivity contribution in [2.24, 2.45) is 0 Å². The van der Waals surface area contributed by atoms with E-state index < -0.39 is 110 Å². The number of nitrogen functional groups attached to an aromatic ring is 1. The van der Waals surface area contributed by atoms with Crippen molar-refractivity contribution in [3.05, 3.63) is 50.6 Å². The van der Waals surface area contributed by atoms with Gasteiger partial charge in [-0.3, -0.25) is 33.5 Å². The average Bonchev–Trinajstić information content (AvgIpc) is 3.50. The number of nitro groups is 1. The number of phosphoric ester groups is 2. The highest BCUT2D eigenvalue weighted by atomic mass is 33.1. The zero-order valence-electron chi connectivity index (χ0n) is 26.1. The number of anilines is 1. The molecule has 0 amide bonds. The van der Waals surface area contributed by atoms with Crippen molar-refractivity contribution >= 4 is 66.0 Å². The fourth-order valence-electron chi connectivity index (χ4n) is 5.53. The monoisotopic (exact) mass is 830 g/mol. The second kappa shape index (κ2) is 14.5. The number of aromatic amines is 1. The van der Waals surface area contributed by atoms with Crippen molar-refractivity contribution < 1.29 is 82.1 Å². The van der Waals surface area contributed by atoms with Gasteiger partial charge in [-0.25, -0.2) is 18.9 Å². The number of phosphoric acid groups is 2. The number of fused-ring (bicyclic) bond motifs is 2. The number of H-pyrrole nitrogens is 1. The summed E-state index contributed by atoms with van der Waals surface area (Å²) in [5, 5.41) is 73.7. The molecule has 3 fully saturated rings. The lowest BCUT2D eigenvalue weighted by molar-refractivity contribution is -0.385. The van der Waals surface area contributed by atoms with Crippen LogP contribution in [0.4, 0.5) is 11.6 Å². The zero-order valence-corrected chi connectivity index (χ0v) is 29.5. The highest BCUT2D eigenvalue weighted by molar-refractivity contribution is 8.77. The van der Waals surface area contributed by atoms with Gasteiger partial charge in [0, 0.05) is 11.0 Å². The second-order valence-electron chi connectivity index (χ2n) is 11.7. The standard InChI is InChI=1S/C24H28N6O19P2S2/c25-23-27-18-12(19(36)28-23)26-6-29(18)20-15(33)13(31)10(46-20)5-45-50(41,42)49-51(43,44)48-22-16(34)14(32)17(35)24(4-11(24)47-22)53-52-7-1-2-9(30(39)40)8(3-7)21(37)38/h1-3,6,10-11,13-17,20,22,31-35H,4-5H2,(H,37,38)(H,41,42)(H,43,44)(H3,25,27,28,36). The average molecular weight is 831 g/mol. The minimum atomic E-state index is -5.74. The number of ether oxygens (including phenoxy) is 2. The molecule has 1 aromatic carbocycles. The van der Waals surface area contributed by atoms with Crippen LogP contribution in [0.15, 0.2) is 34.2 Å². The van der Waals surface area contributed by atoms with Crippen molar-refractivity contribution in [1.82, 2.24) is 19.5 Å². The number of aliphatic hydroxyl groups is 5. The van der Waals surface area contributed by atoms with Crippen molar-refractivity contribution in [2.75, 3.05) is 12.3 Å². The molecule has 3 aliphatic rings. The molecule has 290 valence electrons. The molecule has 1 saturated carbocycles. The minimum absolute atomic E-state index is 0.0577. The van der Waals surface area contributed by atoms with Crippen molar-refractivity contribution in [1.29, 1.82) is 0 Å². The van der Waals surface area contributed by atoms with Crippen LogP contribution in [0.3, 0.4) is 0 Å². The number of carboxylic acid groups (broad SMARTS) is 1. The summed E-state index contributed by atoms with van der Waals surface area (Å²) in [6, 6.07) is 3.22. The number of carbonyl (C=O) groups is 1. The van der Waals surface area contributed by atoms with Crippen LogP contribution >= 0.6 is 37.2 Å². The number of nitro benzene ring substituents is 1. The second-order valence-corrected chi connectivity index (χ2v) is 17.3. The van der Waals surface area contributed by atoms with E-state index in [9.17, 15) is 69.3 Å². The molecule has 0 spiro atoms. The Morgan fingerprint density at radius 1 is 1.13 bits per heavy atom. The lowest BCUT2D eigenvalue weighted by Crippen LogP contribution is -2.47. The smallest absolute Gasteiger partial charge is 0.477 e. The van der Waals surface area contributed by atoms with Crippen molar-refractivity contribution in [3.63, 3.8) is 0 Å². The van der Waals surface area contributed by atoms with Crippen molar-refractivity contribution in [2.45, 2.75) is 71.3 Å². The van der Waals surface area contributed by atoms with E-state index >= 15 is 0 Å². The molecule has 0 bridgehead atoms. The first-order chi connectivity index (χ1) is 24.7. The molecule has 2 aromatic heterocycles. The Bertz CT molecular complexity index is 2090. The predicted octanol–water partition coefficient (Wildman–Crippen LogP) is -1.43. The summed E-state index contributed by atoms with van der Waals surface area (Å²) in [6.07, 6.45) is -15.1. The molecule has 2 saturated heterocycles. The maximum Gasteiger partial charge on any atom is 0.483 e. The summed E-state index contributed by atoms with van der Waals surface area (Å²) in [5.41, 5.74) is 3.23. The van der Waals surface area contributed by atoms with E-state index in [-0.39, 0.29) is 28.4 Å². The number of hydrogen-bond donors (Lipinski definition) is 10. The third-order valence-corrected chi connectivity index (χ3v) is 14.1. The molecule has 0 radical (unpaired) electrons. The van der Waals surface area contributed by atoms with Gasteiger partial charge in [0.1, 0.15) is 42.2 Å². The van der Waals surface area contributed by atoms with Gasteiger partial charge in [-0.15, -0.1) is 0 Å². The minimum Gasteiger partial charge on any atom is -0.477 e. The van der Waals surface area contributed by atoms with Gasteiger partial charge in [-0.1, -0.05) is 21.6 Å². The van der Waals surface area contributed by atoms with Crippen LogP contribution in [-0.4, -0.2) is 131 Å². The first-order valence-corrected chi connectivity index (χ1v) is 19.9. The Kier molecular flexibility index (Phi) is 10.9. The topological polar surface area (TPSA) is 392 Å². The van der Waals surface area contributed by atoms with Crippen LogP contribution in [0, 0.1) is 10.1 Å².